The Labute approximate surface area is 160 Å². The van der Waals surface area contributed by atoms with Gasteiger partial charge in [0.25, 0.3) is 0 Å². The molecule has 0 spiro atoms. The summed E-state index contributed by atoms with van der Waals surface area (Å²) in [5.41, 5.74) is 7.79. The number of halogens is 1. The number of nitrogens with two attached hydrogens (primary N) is 1. The first-order chi connectivity index (χ1) is 12.6. The molecule has 6 heteroatoms. The minimum atomic E-state index is -0.363. The summed E-state index contributed by atoms with van der Waals surface area (Å²) in [6.07, 6.45) is 6.29. The molecule has 144 valence electrons. The van der Waals surface area contributed by atoms with Gasteiger partial charge in [0.05, 0.1) is 23.9 Å². The van der Waals surface area contributed by atoms with Crippen LogP contribution in [0.5, 0.6) is 5.75 Å². The Morgan fingerprint density at radius 2 is 2.19 bits per heavy atom. The summed E-state index contributed by atoms with van der Waals surface area (Å²) in [7, 11) is 0. The maximum absolute atomic E-state index is 12.6. The molecule has 0 atom stereocenters. The topological polar surface area (TPSA) is 64.8 Å². The van der Waals surface area contributed by atoms with Gasteiger partial charge >= 0.3 is 5.97 Å². The molecule has 2 aliphatic heterocycles. The number of likely N-dealkylation sites (tertiary alicyclic amines) is 1. The second-order valence-corrected chi connectivity index (χ2v) is 7.72. The molecule has 3 rings (SSSR count). The van der Waals surface area contributed by atoms with Crippen molar-refractivity contribution >= 4 is 23.3 Å². The predicted molar refractivity (Wildman–Crippen MR) is 104 cm³/mol. The third kappa shape index (κ3) is 4.44. The number of benzene rings is 1. The fraction of sp³-hybridized carbons (Fsp3) is 0.650. The van der Waals surface area contributed by atoms with E-state index < -0.39 is 0 Å². The summed E-state index contributed by atoms with van der Waals surface area (Å²) in [5.74, 6) is 0.619. The first-order valence-electron chi connectivity index (χ1n) is 9.73. The van der Waals surface area contributed by atoms with E-state index in [0.29, 0.717) is 41.2 Å². The average Bonchev–Trinajstić information content (AvgIpc) is 2.68. The number of carbonyl (C=O) groups is 1. The van der Waals surface area contributed by atoms with Gasteiger partial charge in [-0.2, -0.15) is 0 Å². The number of nitrogens with zero attached hydrogens (tertiary/aromatic N) is 1. The standard InChI is InChI=1S/C20H29ClN2O3/c1-2-3-8-23-9-6-14(7-10-23)13-26-20(24)16-12-17(21)18(22)15-5-4-11-25-19(15)16/h12,14H,2-11,13,22H2,1H3. The van der Waals surface area contributed by atoms with Crippen LogP contribution in [0.25, 0.3) is 0 Å². The number of nitrogen functional groups attached to an aromatic ring is 1. The van der Waals surface area contributed by atoms with Crippen LogP contribution in [0.3, 0.4) is 0 Å². The lowest BCUT2D eigenvalue weighted by Crippen LogP contribution is -2.36. The van der Waals surface area contributed by atoms with Crippen LogP contribution in [0.2, 0.25) is 5.02 Å². The Balaban J connectivity index is 1.57. The average molecular weight is 381 g/mol. The van der Waals surface area contributed by atoms with E-state index in [1.165, 1.54) is 19.4 Å². The number of hydrogen-bond donors (Lipinski definition) is 1. The minimum Gasteiger partial charge on any atom is -0.492 e. The number of carbonyl (C=O) groups excluding carboxylic acids is 1. The van der Waals surface area contributed by atoms with Crippen molar-refractivity contribution < 1.29 is 14.3 Å². The maximum atomic E-state index is 12.6. The maximum Gasteiger partial charge on any atom is 0.341 e. The van der Waals surface area contributed by atoms with E-state index >= 15 is 0 Å². The number of piperidine rings is 1. The van der Waals surface area contributed by atoms with Crippen LogP contribution in [0.1, 0.15) is 54.9 Å². The summed E-state index contributed by atoms with van der Waals surface area (Å²) in [6, 6.07) is 1.58. The molecule has 0 radical (unpaired) electrons. The van der Waals surface area contributed by atoms with Crippen molar-refractivity contribution in [1.82, 2.24) is 4.90 Å². The van der Waals surface area contributed by atoms with Crippen molar-refractivity contribution in [3.63, 3.8) is 0 Å². The number of unbranched alkanes of at least 4 members (excludes halogenated alkanes) is 1. The van der Waals surface area contributed by atoms with E-state index in [9.17, 15) is 4.79 Å². The van der Waals surface area contributed by atoms with E-state index in [1.54, 1.807) is 6.07 Å². The van der Waals surface area contributed by atoms with Crippen molar-refractivity contribution in [2.45, 2.75) is 45.4 Å². The quantitative estimate of drug-likeness (QED) is 0.598. The lowest BCUT2D eigenvalue weighted by Gasteiger charge is -2.31. The minimum absolute atomic E-state index is 0.363. The van der Waals surface area contributed by atoms with Gasteiger partial charge in [-0.1, -0.05) is 24.9 Å². The van der Waals surface area contributed by atoms with Crippen molar-refractivity contribution in [3.8, 4) is 5.75 Å². The lowest BCUT2D eigenvalue weighted by atomic mass is 9.97. The largest absolute Gasteiger partial charge is 0.492 e. The van der Waals surface area contributed by atoms with Crippen molar-refractivity contribution in [2.75, 3.05) is 38.6 Å². The van der Waals surface area contributed by atoms with Crippen molar-refractivity contribution in [2.24, 2.45) is 5.92 Å². The number of ether oxygens (including phenoxy) is 2. The van der Waals surface area contributed by atoms with Gasteiger partial charge in [0, 0.05) is 5.56 Å². The monoisotopic (exact) mass is 380 g/mol. The van der Waals surface area contributed by atoms with Gasteiger partial charge in [-0.15, -0.1) is 0 Å². The summed E-state index contributed by atoms with van der Waals surface area (Å²) in [6.45, 7) is 6.62. The zero-order valence-corrected chi connectivity index (χ0v) is 16.3. The van der Waals surface area contributed by atoms with E-state index in [2.05, 4.69) is 11.8 Å². The van der Waals surface area contributed by atoms with Crippen LogP contribution in [-0.2, 0) is 11.2 Å². The number of esters is 1. The second-order valence-electron chi connectivity index (χ2n) is 7.32. The number of anilines is 1. The van der Waals surface area contributed by atoms with E-state index in [1.807, 2.05) is 0 Å². The fourth-order valence-corrected chi connectivity index (χ4v) is 3.94. The lowest BCUT2D eigenvalue weighted by molar-refractivity contribution is 0.0367. The Kier molecular flexibility index (Phi) is 6.65. The van der Waals surface area contributed by atoms with Crippen LogP contribution < -0.4 is 10.5 Å². The van der Waals surface area contributed by atoms with Gasteiger partial charge in [-0.3, -0.25) is 0 Å². The highest BCUT2D eigenvalue weighted by Gasteiger charge is 2.26. The Morgan fingerprint density at radius 3 is 2.92 bits per heavy atom. The molecule has 1 aromatic carbocycles. The van der Waals surface area contributed by atoms with Crippen LogP contribution in [0.15, 0.2) is 6.07 Å². The molecule has 5 nitrogen and oxygen atoms in total. The molecule has 0 unspecified atom stereocenters. The highest BCUT2D eigenvalue weighted by atomic mass is 35.5. The third-order valence-electron chi connectivity index (χ3n) is 5.39. The normalized spacial score (nSPS) is 18.2. The van der Waals surface area contributed by atoms with E-state index in [4.69, 9.17) is 26.8 Å². The molecule has 0 amide bonds. The Morgan fingerprint density at radius 1 is 1.42 bits per heavy atom. The van der Waals surface area contributed by atoms with Gasteiger partial charge in [0.15, 0.2) is 0 Å². The van der Waals surface area contributed by atoms with Crippen LogP contribution in [0.4, 0.5) is 5.69 Å². The molecule has 2 aliphatic rings. The molecule has 0 aromatic heterocycles. The summed E-state index contributed by atoms with van der Waals surface area (Å²) in [5, 5.41) is 0.394. The molecule has 0 bridgehead atoms. The van der Waals surface area contributed by atoms with Gasteiger partial charge < -0.3 is 20.1 Å². The van der Waals surface area contributed by atoms with Crippen molar-refractivity contribution in [1.29, 1.82) is 0 Å². The zero-order valence-electron chi connectivity index (χ0n) is 15.6. The van der Waals surface area contributed by atoms with Crippen LogP contribution in [-0.4, -0.2) is 43.7 Å². The Hall–Kier alpha value is -1.46. The first kappa shape index (κ1) is 19.3. The molecule has 1 aromatic rings. The Bertz CT molecular complexity index is 642. The van der Waals surface area contributed by atoms with Gasteiger partial charge in [0.1, 0.15) is 11.3 Å². The number of fused-ring (bicyclic) bond motifs is 1. The zero-order chi connectivity index (χ0) is 18.5. The number of hydrogen-bond acceptors (Lipinski definition) is 5. The molecule has 1 saturated heterocycles. The molecular formula is C20H29ClN2O3. The van der Waals surface area contributed by atoms with E-state index in [0.717, 1.165) is 44.3 Å². The highest BCUT2D eigenvalue weighted by molar-refractivity contribution is 6.33. The van der Waals surface area contributed by atoms with Gasteiger partial charge in [-0.05, 0) is 63.7 Å². The molecule has 1 fully saturated rings. The highest BCUT2D eigenvalue weighted by Crippen LogP contribution is 2.38. The summed E-state index contributed by atoms with van der Waals surface area (Å²) >= 11 is 6.21. The summed E-state index contributed by atoms with van der Waals surface area (Å²) in [4.78, 5) is 15.1. The molecule has 2 N–H and O–H groups in total. The smallest absolute Gasteiger partial charge is 0.341 e. The summed E-state index contributed by atoms with van der Waals surface area (Å²) < 4.78 is 11.3. The van der Waals surface area contributed by atoms with Gasteiger partial charge in [-0.25, -0.2) is 4.79 Å². The molecule has 0 aliphatic carbocycles. The molecular weight excluding hydrogens is 352 g/mol. The fourth-order valence-electron chi connectivity index (χ4n) is 3.72. The van der Waals surface area contributed by atoms with E-state index in [-0.39, 0.29) is 5.97 Å². The second kappa shape index (κ2) is 8.96. The SMILES string of the molecule is CCCCN1CCC(COC(=O)c2cc(Cl)c(N)c3c2OCCC3)CC1. The third-order valence-corrected chi connectivity index (χ3v) is 5.71. The number of rotatable bonds is 6. The molecule has 2 heterocycles. The van der Waals surface area contributed by atoms with Crippen LogP contribution >= 0.6 is 11.6 Å². The van der Waals surface area contributed by atoms with Crippen LogP contribution in [0, 0.1) is 5.92 Å². The first-order valence-corrected chi connectivity index (χ1v) is 10.1. The van der Waals surface area contributed by atoms with Gasteiger partial charge in [0.2, 0.25) is 0 Å². The molecule has 26 heavy (non-hydrogen) atoms. The molecule has 0 saturated carbocycles. The van der Waals surface area contributed by atoms with Crippen molar-refractivity contribution in [3.05, 3.63) is 22.2 Å². The predicted octanol–water partition coefficient (Wildman–Crippen LogP) is 3.92.